The second kappa shape index (κ2) is 5.38. The quantitative estimate of drug-likeness (QED) is 0.912. The molecule has 0 unspecified atom stereocenters. The maximum atomic E-state index is 5.75. The summed E-state index contributed by atoms with van der Waals surface area (Å²) in [5.41, 5.74) is 8.01. The van der Waals surface area contributed by atoms with Crippen LogP contribution in [0.5, 0.6) is 0 Å². The first-order valence-corrected chi connectivity index (χ1v) is 6.78. The first-order chi connectivity index (χ1) is 8.10. The van der Waals surface area contributed by atoms with Crippen LogP contribution in [0.3, 0.4) is 0 Å². The van der Waals surface area contributed by atoms with Crippen LogP contribution in [0.1, 0.15) is 19.4 Å². The zero-order valence-corrected chi connectivity index (χ0v) is 11.9. The van der Waals surface area contributed by atoms with Gasteiger partial charge in [0, 0.05) is 24.1 Å². The number of anilines is 1. The predicted molar refractivity (Wildman–Crippen MR) is 74.3 cm³/mol. The number of ether oxygens (including phenoxy) is 1. The van der Waals surface area contributed by atoms with Crippen molar-refractivity contribution in [2.24, 2.45) is 5.73 Å². The molecular weight excluding hydrogens is 280 g/mol. The molecule has 3 nitrogen and oxygen atoms in total. The first-order valence-electron chi connectivity index (χ1n) is 5.99. The van der Waals surface area contributed by atoms with Crippen LogP contribution < -0.4 is 10.6 Å². The molecule has 4 heteroatoms. The number of morpholine rings is 1. The van der Waals surface area contributed by atoms with Gasteiger partial charge in [-0.25, -0.2) is 0 Å². The third-order valence-corrected chi connectivity index (χ3v) is 3.64. The number of hydrogen-bond donors (Lipinski definition) is 1. The van der Waals surface area contributed by atoms with E-state index in [2.05, 4.69) is 52.9 Å². The SMILES string of the molecule is C[C@@H]1CN(c2ccc(CN)cc2Br)C[C@H](C)O1. The number of rotatable bonds is 2. The fourth-order valence-electron chi connectivity index (χ4n) is 2.31. The highest BCUT2D eigenvalue weighted by atomic mass is 79.9. The van der Waals surface area contributed by atoms with E-state index in [1.54, 1.807) is 0 Å². The highest BCUT2D eigenvalue weighted by Crippen LogP contribution is 2.29. The molecule has 17 heavy (non-hydrogen) atoms. The summed E-state index contributed by atoms with van der Waals surface area (Å²) in [5.74, 6) is 0. The molecule has 1 aliphatic rings. The monoisotopic (exact) mass is 298 g/mol. The van der Waals surface area contributed by atoms with Crippen molar-refractivity contribution in [3.63, 3.8) is 0 Å². The van der Waals surface area contributed by atoms with E-state index in [9.17, 15) is 0 Å². The molecule has 2 rings (SSSR count). The van der Waals surface area contributed by atoms with Gasteiger partial charge in [-0.15, -0.1) is 0 Å². The third-order valence-electron chi connectivity index (χ3n) is 3.01. The van der Waals surface area contributed by atoms with E-state index in [4.69, 9.17) is 10.5 Å². The molecule has 0 aromatic heterocycles. The normalized spacial score (nSPS) is 25.1. The van der Waals surface area contributed by atoms with Gasteiger partial charge in [0.2, 0.25) is 0 Å². The Morgan fingerprint density at radius 3 is 2.53 bits per heavy atom. The van der Waals surface area contributed by atoms with E-state index in [1.165, 1.54) is 5.69 Å². The zero-order valence-electron chi connectivity index (χ0n) is 10.3. The molecule has 0 spiro atoms. The Balaban J connectivity index is 2.21. The molecule has 0 bridgehead atoms. The lowest BCUT2D eigenvalue weighted by molar-refractivity contribution is -0.00525. The van der Waals surface area contributed by atoms with Crippen LogP contribution in [0, 0.1) is 0 Å². The third kappa shape index (κ3) is 3.00. The second-order valence-corrected chi connectivity index (χ2v) is 5.51. The van der Waals surface area contributed by atoms with Crippen molar-refractivity contribution in [2.45, 2.75) is 32.6 Å². The molecule has 1 saturated heterocycles. The summed E-state index contributed by atoms with van der Waals surface area (Å²) in [7, 11) is 0. The van der Waals surface area contributed by atoms with Gasteiger partial charge in [0.25, 0.3) is 0 Å². The van der Waals surface area contributed by atoms with Gasteiger partial charge in [-0.05, 0) is 47.5 Å². The van der Waals surface area contributed by atoms with E-state index in [0.29, 0.717) is 6.54 Å². The number of halogens is 1. The van der Waals surface area contributed by atoms with Crippen LogP contribution in [0.25, 0.3) is 0 Å². The summed E-state index contributed by atoms with van der Waals surface area (Å²) >= 11 is 3.63. The number of nitrogens with two attached hydrogens (primary N) is 1. The molecule has 0 radical (unpaired) electrons. The standard InChI is InChI=1S/C13H19BrN2O/c1-9-7-16(8-10(2)17-9)13-4-3-11(6-15)5-12(13)14/h3-5,9-10H,6-8,15H2,1-2H3/t9-,10+. The number of hydrogen-bond acceptors (Lipinski definition) is 3. The Morgan fingerprint density at radius 1 is 1.35 bits per heavy atom. The smallest absolute Gasteiger partial charge is 0.0726 e. The summed E-state index contributed by atoms with van der Waals surface area (Å²) in [4.78, 5) is 2.36. The minimum Gasteiger partial charge on any atom is -0.372 e. The molecular formula is C13H19BrN2O. The minimum atomic E-state index is 0.278. The summed E-state index contributed by atoms with van der Waals surface area (Å²) < 4.78 is 6.86. The lowest BCUT2D eigenvalue weighted by atomic mass is 10.1. The van der Waals surface area contributed by atoms with Gasteiger partial charge >= 0.3 is 0 Å². The van der Waals surface area contributed by atoms with E-state index in [1.807, 2.05) is 0 Å². The van der Waals surface area contributed by atoms with Crippen LogP contribution in [-0.2, 0) is 11.3 Å². The van der Waals surface area contributed by atoms with E-state index >= 15 is 0 Å². The molecule has 0 aliphatic carbocycles. The second-order valence-electron chi connectivity index (χ2n) is 4.65. The Labute approximate surface area is 111 Å². The van der Waals surface area contributed by atoms with Crippen molar-refractivity contribution in [1.29, 1.82) is 0 Å². The average Bonchev–Trinajstić information content (AvgIpc) is 2.27. The largest absolute Gasteiger partial charge is 0.372 e. The predicted octanol–water partition coefficient (Wildman–Crippen LogP) is 2.52. The number of nitrogens with zero attached hydrogens (tertiary/aromatic N) is 1. The van der Waals surface area contributed by atoms with Gasteiger partial charge in [-0.2, -0.15) is 0 Å². The zero-order chi connectivity index (χ0) is 12.4. The molecule has 0 saturated carbocycles. The minimum absolute atomic E-state index is 0.278. The highest BCUT2D eigenvalue weighted by Gasteiger charge is 2.23. The van der Waals surface area contributed by atoms with Crippen molar-refractivity contribution in [3.8, 4) is 0 Å². The summed E-state index contributed by atoms with van der Waals surface area (Å²) in [6.07, 6.45) is 0.555. The van der Waals surface area contributed by atoms with Gasteiger partial charge in [-0.1, -0.05) is 6.07 Å². The van der Waals surface area contributed by atoms with Gasteiger partial charge in [-0.3, -0.25) is 0 Å². The first kappa shape index (κ1) is 12.9. The van der Waals surface area contributed by atoms with Crippen LogP contribution in [-0.4, -0.2) is 25.3 Å². The van der Waals surface area contributed by atoms with E-state index < -0.39 is 0 Å². The maximum absolute atomic E-state index is 5.75. The average molecular weight is 299 g/mol. The lowest BCUT2D eigenvalue weighted by Gasteiger charge is -2.37. The molecule has 2 N–H and O–H groups in total. The summed E-state index contributed by atoms with van der Waals surface area (Å²) in [5, 5.41) is 0. The molecule has 1 heterocycles. The number of benzene rings is 1. The summed E-state index contributed by atoms with van der Waals surface area (Å²) in [6.45, 7) is 6.68. The van der Waals surface area contributed by atoms with Gasteiger partial charge < -0.3 is 15.4 Å². The van der Waals surface area contributed by atoms with Crippen LogP contribution in [0.4, 0.5) is 5.69 Å². The van der Waals surface area contributed by atoms with Gasteiger partial charge in [0.15, 0.2) is 0 Å². The lowest BCUT2D eigenvalue weighted by Crippen LogP contribution is -2.45. The van der Waals surface area contributed by atoms with Gasteiger partial charge in [0.05, 0.1) is 17.9 Å². The van der Waals surface area contributed by atoms with E-state index in [-0.39, 0.29) is 12.2 Å². The Kier molecular flexibility index (Phi) is 4.07. The van der Waals surface area contributed by atoms with Crippen molar-refractivity contribution >= 4 is 21.6 Å². The maximum Gasteiger partial charge on any atom is 0.0726 e. The van der Waals surface area contributed by atoms with Crippen LogP contribution in [0.2, 0.25) is 0 Å². The Morgan fingerprint density at radius 2 is 2.00 bits per heavy atom. The van der Waals surface area contributed by atoms with Crippen molar-refractivity contribution in [2.75, 3.05) is 18.0 Å². The van der Waals surface area contributed by atoms with Crippen molar-refractivity contribution in [1.82, 2.24) is 0 Å². The molecule has 1 aliphatic heterocycles. The topological polar surface area (TPSA) is 38.5 Å². The Hall–Kier alpha value is -0.580. The summed E-state index contributed by atoms with van der Waals surface area (Å²) in [6, 6.07) is 6.32. The molecule has 1 aromatic rings. The molecule has 2 atom stereocenters. The Bertz CT molecular complexity index is 387. The van der Waals surface area contributed by atoms with Crippen molar-refractivity contribution in [3.05, 3.63) is 28.2 Å². The molecule has 1 aromatic carbocycles. The van der Waals surface area contributed by atoms with Crippen LogP contribution >= 0.6 is 15.9 Å². The fourth-order valence-corrected chi connectivity index (χ4v) is 2.99. The van der Waals surface area contributed by atoms with Gasteiger partial charge in [0.1, 0.15) is 0 Å². The molecule has 0 amide bonds. The molecule has 94 valence electrons. The van der Waals surface area contributed by atoms with Crippen LogP contribution in [0.15, 0.2) is 22.7 Å². The molecule has 1 fully saturated rings. The highest BCUT2D eigenvalue weighted by molar-refractivity contribution is 9.10. The van der Waals surface area contributed by atoms with E-state index in [0.717, 1.165) is 23.1 Å². The van der Waals surface area contributed by atoms with Crippen molar-refractivity contribution < 1.29 is 4.74 Å². The fraction of sp³-hybridized carbons (Fsp3) is 0.538.